The Bertz CT molecular complexity index is 762. The zero-order chi connectivity index (χ0) is 16.6. The third kappa shape index (κ3) is 2.90. The monoisotopic (exact) mass is 352 g/mol. The number of benzene rings is 2. The molecular formula is C17H14Cl2O4. The van der Waals surface area contributed by atoms with Crippen molar-refractivity contribution in [3.05, 3.63) is 63.6 Å². The van der Waals surface area contributed by atoms with Crippen LogP contribution in [0.4, 0.5) is 0 Å². The maximum absolute atomic E-state index is 11.9. The van der Waals surface area contributed by atoms with Crippen molar-refractivity contribution in [2.24, 2.45) is 0 Å². The molecule has 0 N–H and O–H groups in total. The summed E-state index contributed by atoms with van der Waals surface area (Å²) in [5.74, 6) is -0.0996. The van der Waals surface area contributed by atoms with E-state index in [-0.39, 0.29) is 0 Å². The first-order valence-corrected chi connectivity index (χ1v) is 7.68. The van der Waals surface area contributed by atoms with Crippen molar-refractivity contribution in [3.63, 3.8) is 0 Å². The van der Waals surface area contributed by atoms with E-state index in [2.05, 4.69) is 0 Å². The van der Waals surface area contributed by atoms with E-state index < -0.39 is 17.9 Å². The number of rotatable bonds is 2. The Labute approximate surface area is 143 Å². The molecule has 4 nitrogen and oxygen atoms in total. The normalized spacial score (nSPS) is 22.9. The molecule has 0 aliphatic carbocycles. The minimum atomic E-state index is -1.17. The summed E-state index contributed by atoms with van der Waals surface area (Å²) >= 11 is 12.2. The SMILES string of the molecule is COC(=O)C1Oc2ccc(Cl)cc2C(C)(c2cccc(Cl)c2)O1. The quantitative estimate of drug-likeness (QED) is 0.761. The highest BCUT2D eigenvalue weighted by atomic mass is 35.5. The molecule has 23 heavy (non-hydrogen) atoms. The van der Waals surface area contributed by atoms with E-state index in [0.717, 1.165) is 5.56 Å². The number of carbonyl (C=O) groups excluding carboxylic acids is 1. The van der Waals surface area contributed by atoms with Gasteiger partial charge < -0.3 is 14.2 Å². The van der Waals surface area contributed by atoms with Crippen molar-refractivity contribution >= 4 is 29.2 Å². The van der Waals surface area contributed by atoms with Gasteiger partial charge in [-0.05, 0) is 42.8 Å². The van der Waals surface area contributed by atoms with Crippen LogP contribution in [0.3, 0.4) is 0 Å². The number of fused-ring (bicyclic) bond motifs is 1. The minimum Gasteiger partial charge on any atom is -0.464 e. The molecule has 0 saturated heterocycles. The van der Waals surface area contributed by atoms with E-state index in [1.54, 1.807) is 30.3 Å². The Morgan fingerprint density at radius 2 is 1.91 bits per heavy atom. The predicted octanol–water partition coefficient (Wildman–Crippen LogP) is 4.17. The van der Waals surface area contributed by atoms with Gasteiger partial charge in [0.15, 0.2) is 0 Å². The number of esters is 1. The molecular weight excluding hydrogens is 339 g/mol. The lowest BCUT2D eigenvalue weighted by Gasteiger charge is -2.39. The summed E-state index contributed by atoms with van der Waals surface area (Å²) in [7, 11) is 1.28. The van der Waals surface area contributed by atoms with Crippen LogP contribution in [0.15, 0.2) is 42.5 Å². The summed E-state index contributed by atoms with van der Waals surface area (Å²) in [6, 6.07) is 12.4. The van der Waals surface area contributed by atoms with Crippen LogP contribution in [0.5, 0.6) is 5.75 Å². The fraction of sp³-hybridized carbons (Fsp3) is 0.235. The second kappa shape index (κ2) is 6.04. The van der Waals surface area contributed by atoms with Crippen molar-refractivity contribution in [1.29, 1.82) is 0 Å². The summed E-state index contributed by atoms with van der Waals surface area (Å²) in [5.41, 5.74) is 0.542. The third-order valence-electron chi connectivity index (χ3n) is 3.80. The average Bonchev–Trinajstić information content (AvgIpc) is 2.54. The van der Waals surface area contributed by atoms with E-state index in [9.17, 15) is 4.79 Å². The van der Waals surface area contributed by atoms with E-state index in [1.807, 2.05) is 19.1 Å². The van der Waals surface area contributed by atoms with Gasteiger partial charge in [0.05, 0.1) is 7.11 Å². The first kappa shape index (κ1) is 16.1. The largest absolute Gasteiger partial charge is 0.464 e. The van der Waals surface area contributed by atoms with E-state index >= 15 is 0 Å². The van der Waals surface area contributed by atoms with Crippen LogP contribution in [0.2, 0.25) is 10.0 Å². The predicted molar refractivity (Wildman–Crippen MR) is 86.9 cm³/mol. The molecule has 2 aromatic carbocycles. The summed E-state index contributed by atoms with van der Waals surface area (Å²) in [6.07, 6.45) is -1.17. The number of hydrogen-bond acceptors (Lipinski definition) is 4. The van der Waals surface area contributed by atoms with Crippen molar-refractivity contribution in [2.75, 3.05) is 7.11 Å². The lowest BCUT2D eigenvalue weighted by Crippen LogP contribution is -2.44. The molecule has 2 atom stereocenters. The molecule has 0 fully saturated rings. The lowest BCUT2D eigenvalue weighted by molar-refractivity contribution is -0.203. The molecule has 1 aliphatic heterocycles. The second-order valence-electron chi connectivity index (χ2n) is 5.27. The Kier molecular flexibility index (Phi) is 4.23. The fourth-order valence-corrected chi connectivity index (χ4v) is 2.96. The number of halogens is 2. The van der Waals surface area contributed by atoms with Crippen molar-refractivity contribution in [2.45, 2.75) is 18.8 Å². The van der Waals surface area contributed by atoms with Gasteiger partial charge in [-0.1, -0.05) is 35.3 Å². The Morgan fingerprint density at radius 1 is 1.17 bits per heavy atom. The third-order valence-corrected chi connectivity index (χ3v) is 4.27. The van der Waals surface area contributed by atoms with Gasteiger partial charge in [-0.15, -0.1) is 0 Å². The van der Waals surface area contributed by atoms with Crippen molar-refractivity contribution < 1.29 is 19.0 Å². The van der Waals surface area contributed by atoms with E-state index in [0.29, 0.717) is 21.4 Å². The van der Waals surface area contributed by atoms with Crippen LogP contribution in [-0.2, 0) is 19.9 Å². The van der Waals surface area contributed by atoms with Crippen LogP contribution in [0.1, 0.15) is 18.1 Å². The molecule has 1 heterocycles. The molecule has 2 aromatic rings. The number of ether oxygens (including phenoxy) is 3. The Hall–Kier alpha value is -1.75. The van der Waals surface area contributed by atoms with Gasteiger partial charge in [-0.3, -0.25) is 0 Å². The standard InChI is InChI=1S/C17H14Cl2O4/c1-17(10-4-3-5-11(18)8-10)13-9-12(19)6-7-14(13)22-16(23-17)15(20)21-2/h3-9,16H,1-2H3. The van der Waals surface area contributed by atoms with Gasteiger partial charge >= 0.3 is 12.3 Å². The topological polar surface area (TPSA) is 44.8 Å². The smallest absolute Gasteiger partial charge is 0.376 e. The van der Waals surface area contributed by atoms with Gasteiger partial charge in [0.2, 0.25) is 0 Å². The molecule has 0 amide bonds. The zero-order valence-electron chi connectivity index (χ0n) is 12.5. The van der Waals surface area contributed by atoms with Crippen LogP contribution in [0, 0.1) is 0 Å². The first-order chi connectivity index (χ1) is 10.9. The molecule has 3 rings (SSSR count). The molecule has 120 valence electrons. The summed E-state index contributed by atoms with van der Waals surface area (Å²) in [4.78, 5) is 11.9. The lowest BCUT2D eigenvalue weighted by atomic mass is 9.86. The van der Waals surface area contributed by atoms with Crippen molar-refractivity contribution in [1.82, 2.24) is 0 Å². The van der Waals surface area contributed by atoms with E-state index in [1.165, 1.54) is 7.11 Å². The van der Waals surface area contributed by atoms with Gasteiger partial charge in [-0.2, -0.15) is 0 Å². The fourth-order valence-electron chi connectivity index (χ4n) is 2.60. The van der Waals surface area contributed by atoms with Crippen LogP contribution in [-0.4, -0.2) is 19.4 Å². The highest BCUT2D eigenvalue weighted by molar-refractivity contribution is 6.31. The minimum absolute atomic E-state index is 0.513. The summed E-state index contributed by atoms with van der Waals surface area (Å²) in [5, 5.41) is 1.11. The number of hydrogen-bond donors (Lipinski definition) is 0. The van der Waals surface area contributed by atoms with Crippen LogP contribution >= 0.6 is 23.2 Å². The maximum Gasteiger partial charge on any atom is 0.376 e. The van der Waals surface area contributed by atoms with Gasteiger partial charge in [0, 0.05) is 15.6 Å². The Morgan fingerprint density at radius 3 is 2.61 bits per heavy atom. The van der Waals surface area contributed by atoms with Gasteiger partial charge in [-0.25, -0.2) is 4.79 Å². The molecule has 1 aliphatic rings. The molecule has 2 unspecified atom stereocenters. The van der Waals surface area contributed by atoms with Crippen LogP contribution < -0.4 is 4.74 Å². The van der Waals surface area contributed by atoms with Crippen LogP contribution in [0.25, 0.3) is 0 Å². The molecule has 0 saturated carbocycles. The first-order valence-electron chi connectivity index (χ1n) is 6.92. The zero-order valence-corrected chi connectivity index (χ0v) is 14.0. The molecule has 0 radical (unpaired) electrons. The van der Waals surface area contributed by atoms with E-state index in [4.69, 9.17) is 37.4 Å². The number of methoxy groups -OCH3 is 1. The van der Waals surface area contributed by atoms with Crippen molar-refractivity contribution in [3.8, 4) is 5.75 Å². The average molecular weight is 353 g/mol. The highest BCUT2D eigenvalue weighted by Gasteiger charge is 2.43. The molecule has 0 aromatic heterocycles. The van der Waals surface area contributed by atoms with Gasteiger partial charge in [0.25, 0.3) is 0 Å². The summed E-state index contributed by atoms with van der Waals surface area (Å²) < 4.78 is 16.3. The molecule has 0 spiro atoms. The Balaban J connectivity index is 2.17. The molecule has 6 heteroatoms. The summed E-state index contributed by atoms with van der Waals surface area (Å²) in [6.45, 7) is 1.84. The second-order valence-corrected chi connectivity index (χ2v) is 6.15. The van der Waals surface area contributed by atoms with Gasteiger partial charge in [0.1, 0.15) is 11.4 Å². The number of carbonyl (C=O) groups is 1. The molecule has 0 bridgehead atoms. The maximum atomic E-state index is 11.9. The highest BCUT2D eigenvalue weighted by Crippen LogP contribution is 2.45.